The topological polar surface area (TPSA) is 66.4 Å². The number of benzene rings is 3. The van der Waals surface area contributed by atoms with E-state index in [9.17, 15) is 21.8 Å². The van der Waals surface area contributed by atoms with Gasteiger partial charge in [-0.25, -0.2) is 8.42 Å². The van der Waals surface area contributed by atoms with Gasteiger partial charge in [-0.05, 0) is 66.4 Å². The summed E-state index contributed by atoms with van der Waals surface area (Å²) < 4.78 is 63.6. The molecule has 0 bridgehead atoms. The van der Waals surface area contributed by atoms with E-state index in [1.165, 1.54) is 17.7 Å². The van der Waals surface area contributed by atoms with E-state index >= 15 is 0 Å². The molecule has 3 aromatic rings. The molecule has 0 saturated carbocycles. The standard InChI is InChI=1S/C25H26F2O4S2/c1-18-5-11-21(12-6-18)32(22-13-7-19(8-14-22)24(2,3)4)23-15-9-20(10-16-23)31-17-25(26,27)33(28,29)30/h5-16H,17H2,1-4H3. The predicted molar refractivity (Wildman–Crippen MR) is 125 cm³/mol. The number of alkyl halides is 2. The minimum absolute atomic E-state index is 0.0274. The number of rotatable bonds is 7. The van der Waals surface area contributed by atoms with Gasteiger partial charge in [0, 0.05) is 0 Å². The Morgan fingerprint density at radius 3 is 1.67 bits per heavy atom. The highest BCUT2D eigenvalue weighted by Gasteiger charge is 2.38. The molecule has 3 rings (SSSR count). The summed E-state index contributed by atoms with van der Waals surface area (Å²) in [6.45, 7) is 6.95. The summed E-state index contributed by atoms with van der Waals surface area (Å²) in [6, 6.07) is 23.2. The molecule has 4 nitrogen and oxygen atoms in total. The SMILES string of the molecule is Cc1ccc([S+](c2ccc(OCC(F)(F)S(=O)(=O)[O-])cc2)c2ccc(C(C)(C)C)cc2)cc1. The molecule has 0 N–H and O–H groups in total. The molecule has 0 fully saturated rings. The van der Waals surface area contributed by atoms with Gasteiger partial charge in [-0.15, -0.1) is 0 Å². The highest BCUT2D eigenvalue weighted by atomic mass is 32.2. The van der Waals surface area contributed by atoms with Crippen molar-refractivity contribution in [3.63, 3.8) is 0 Å². The largest absolute Gasteiger partial charge is 0.743 e. The van der Waals surface area contributed by atoms with Crippen LogP contribution in [-0.4, -0.2) is 24.8 Å². The Morgan fingerprint density at radius 1 is 0.818 bits per heavy atom. The van der Waals surface area contributed by atoms with Gasteiger partial charge in [0.05, 0.1) is 10.9 Å². The minimum Gasteiger partial charge on any atom is -0.743 e. The molecule has 0 spiro atoms. The summed E-state index contributed by atoms with van der Waals surface area (Å²) in [5, 5.41) is -4.49. The minimum atomic E-state index is -5.79. The molecule has 0 amide bonds. The van der Waals surface area contributed by atoms with Crippen molar-refractivity contribution in [2.45, 2.75) is 53.1 Å². The summed E-state index contributed by atoms with van der Waals surface area (Å²) in [5.74, 6) is 0.0533. The molecule has 0 radical (unpaired) electrons. The number of ether oxygens (including phenoxy) is 1. The van der Waals surface area contributed by atoms with Crippen molar-refractivity contribution in [3.05, 3.63) is 83.9 Å². The van der Waals surface area contributed by atoms with Crippen molar-refractivity contribution in [1.82, 2.24) is 0 Å². The molecule has 176 valence electrons. The van der Waals surface area contributed by atoms with Crippen LogP contribution in [0.1, 0.15) is 31.9 Å². The van der Waals surface area contributed by atoms with Gasteiger partial charge in [0.15, 0.2) is 31.4 Å². The van der Waals surface area contributed by atoms with Crippen LogP contribution in [0.3, 0.4) is 0 Å². The zero-order valence-electron chi connectivity index (χ0n) is 18.8. The van der Waals surface area contributed by atoms with E-state index in [-0.39, 0.29) is 11.2 Å². The number of aryl methyl sites for hydroxylation is 1. The van der Waals surface area contributed by atoms with Crippen molar-refractivity contribution in [2.24, 2.45) is 0 Å². The summed E-state index contributed by atoms with van der Waals surface area (Å²) in [6.07, 6.45) is 0. The fourth-order valence-corrected chi connectivity index (χ4v) is 5.33. The van der Waals surface area contributed by atoms with Gasteiger partial charge in [0.2, 0.25) is 0 Å². The summed E-state index contributed by atoms with van der Waals surface area (Å²) in [7, 11) is -6.24. The van der Waals surface area contributed by atoms with E-state index in [1.54, 1.807) is 12.1 Å². The lowest BCUT2D eigenvalue weighted by Crippen LogP contribution is -2.35. The lowest BCUT2D eigenvalue weighted by Gasteiger charge is -2.20. The van der Waals surface area contributed by atoms with E-state index in [2.05, 4.69) is 57.2 Å². The number of hydrogen-bond acceptors (Lipinski definition) is 4. The Bertz CT molecular complexity index is 1180. The highest BCUT2D eigenvalue weighted by Crippen LogP contribution is 2.34. The molecule has 1 atom stereocenters. The fourth-order valence-electron chi connectivity index (χ4n) is 3.09. The van der Waals surface area contributed by atoms with Crippen LogP contribution < -0.4 is 4.74 Å². The lowest BCUT2D eigenvalue weighted by atomic mass is 9.87. The monoisotopic (exact) mass is 492 g/mol. The Hall–Kier alpha value is -2.42. The fraction of sp³-hybridized carbons (Fsp3) is 0.280. The highest BCUT2D eigenvalue weighted by molar-refractivity contribution is 7.97. The first kappa shape index (κ1) is 25.2. The maximum atomic E-state index is 13.4. The normalized spacial score (nSPS) is 13.5. The smallest absolute Gasteiger partial charge is 0.367 e. The third kappa shape index (κ3) is 6.13. The zero-order chi connectivity index (χ0) is 24.4. The van der Waals surface area contributed by atoms with Crippen LogP contribution in [-0.2, 0) is 26.4 Å². The quantitative estimate of drug-likeness (QED) is 0.304. The molecule has 0 heterocycles. The molecular formula is C25H26F2O4S2. The Balaban J connectivity index is 1.92. The third-order valence-electron chi connectivity index (χ3n) is 5.04. The van der Waals surface area contributed by atoms with Crippen LogP contribution in [0, 0.1) is 6.92 Å². The van der Waals surface area contributed by atoms with Crippen LogP contribution in [0.4, 0.5) is 8.78 Å². The molecule has 3 aromatic carbocycles. The second-order valence-electron chi connectivity index (χ2n) is 8.75. The number of halogens is 2. The van der Waals surface area contributed by atoms with Crippen molar-refractivity contribution in [1.29, 1.82) is 0 Å². The molecule has 33 heavy (non-hydrogen) atoms. The molecule has 1 unspecified atom stereocenters. The van der Waals surface area contributed by atoms with Gasteiger partial charge in [-0.2, -0.15) is 8.78 Å². The number of hydrogen-bond donors (Lipinski definition) is 0. The van der Waals surface area contributed by atoms with Crippen molar-refractivity contribution in [3.8, 4) is 5.75 Å². The van der Waals surface area contributed by atoms with Crippen LogP contribution in [0.25, 0.3) is 0 Å². The first-order chi connectivity index (χ1) is 15.3. The second-order valence-corrected chi connectivity index (χ2v) is 12.3. The van der Waals surface area contributed by atoms with E-state index in [4.69, 9.17) is 4.74 Å². The average molecular weight is 493 g/mol. The van der Waals surface area contributed by atoms with E-state index in [0.717, 1.165) is 20.2 Å². The van der Waals surface area contributed by atoms with Crippen molar-refractivity contribution >= 4 is 21.0 Å². The maximum Gasteiger partial charge on any atom is 0.367 e. The average Bonchev–Trinajstić information content (AvgIpc) is 2.74. The van der Waals surface area contributed by atoms with Gasteiger partial charge in [0.25, 0.3) is 0 Å². The predicted octanol–water partition coefficient (Wildman–Crippen LogP) is 5.90. The Morgan fingerprint density at radius 2 is 1.24 bits per heavy atom. The Labute approximate surface area is 196 Å². The van der Waals surface area contributed by atoms with Gasteiger partial charge in [-0.1, -0.05) is 50.6 Å². The molecule has 0 aromatic heterocycles. The van der Waals surface area contributed by atoms with Gasteiger partial charge in [0.1, 0.15) is 5.75 Å². The van der Waals surface area contributed by atoms with Gasteiger partial charge in [-0.3, -0.25) is 0 Å². The lowest BCUT2D eigenvalue weighted by molar-refractivity contribution is 0.0279. The third-order valence-corrected chi connectivity index (χ3v) is 8.12. The van der Waals surface area contributed by atoms with Gasteiger partial charge >= 0.3 is 5.25 Å². The van der Waals surface area contributed by atoms with Crippen LogP contribution in [0.2, 0.25) is 0 Å². The van der Waals surface area contributed by atoms with Crippen molar-refractivity contribution < 1.29 is 26.5 Å². The molecular weight excluding hydrogens is 466 g/mol. The molecule has 0 aliphatic carbocycles. The zero-order valence-corrected chi connectivity index (χ0v) is 20.5. The summed E-state index contributed by atoms with van der Waals surface area (Å²) >= 11 is 0. The first-order valence-electron chi connectivity index (χ1n) is 10.3. The summed E-state index contributed by atoms with van der Waals surface area (Å²) in [4.78, 5) is 3.14. The summed E-state index contributed by atoms with van der Waals surface area (Å²) in [5.41, 5.74) is 2.39. The molecule has 0 aliphatic rings. The molecule has 0 aliphatic heterocycles. The van der Waals surface area contributed by atoms with E-state index < -0.39 is 32.9 Å². The van der Waals surface area contributed by atoms with Crippen molar-refractivity contribution in [2.75, 3.05) is 6.61 Å². The van der Waals surface area contributed by atoms with Crippen LogP contribution >= 0.6 is 0 Å². The maximum absolute atomic E-state index is 13.4. The molecule has 0 saturated heterocycles. The second kappa shape index (κ2) is 9.44. The van der Waals surface area contributed by atoms with E-state index in [0.29, 0.717) is 0 Å². The molecule has 8 heteroatoms. The van der Waals surface area contributed by atoms with Crippen LogP contribution in [0.5, 0.6) is 5.75 Å². The van der Waals surface area contributed by atoms with Gasteiger partial charge < -0.3 is 9.29 Å². The Kier molecular flexibility index (Phi) is 7.21. The first-order valence-corrected chi connectivity index (χ1v) is 12.9. The van der Waals surface area contributed by atoms with E-state index in [1.807, 2.05) is 19.1 Å². The van der Waals surface area contributed by atoms with Crippen LogP contribution in [0.15, 0.2) is 87.5 Å².